The van der Waals surface area contributed by atoms with Gasteiger partial charge in [0.05, 0.1) is 14.2 Å². The van der Waals surface area contributed by atoms with Crippen LogP contribution in [0.2, 0.25) is 5.02 Å². The normalized spacial score (nSPS) is 10.1. The van der Waals surface area contributed by atoms with E-state index in [2.05, 4.69) is 26.8 Å². The van der Waals surface area contributed by atoms with E-state index < -0.39 is 11.8 Å². The van der Waals surface area contributed by atoms with Crippen molar-refractivity contribution >= 4 is 50.7 Å². The van der Waals surface area contributed by atoms with E-state index >= 15 is 0 Å². The number of carbonyl (C=O) groups excluding carboxylic acids is 2. The van der Waals surface area contributed by atoms with Crippen LogP contribution in [0.3, 0.4) is 0 Å². The molecule has 0 aliphatic rings. The number of benzene rings is 1. The van der Waals surface area contributed by atoms with Crippen LogP contribution in [-0.4, -0.2) is 16.9 Å². The van der Waals surface area contributed by atoms with Crippen molar-refractivity contribution in [1.29, 1.82) is 0 Å². The summed E-state index contributed by atoms with van der Waals surface area (Å²) in [5, 5.41) is 9.86. The summed E-state index contributed by atoms with van der Waals surface area (Å²) >= 11 is 10.2. The molecule has 0 atom stereocenters. The van der Waals surface area contributed by atoms with Crippen LogP contribution >= 0.6 is 38.9 Å². The van der Waals surface area contributed by atoms with Crippen LogP contribution in [0.1, 0.15) is 20.0 Å². The highest BCUT2D eigenvalue weighted by Gasteiger charge is 2.14. The largest absolute Gasteiger partial charge is 0.507 e. The molecule has 5 nitrogen and oxygen atoms in total. The van der Waals surface area contributed by atoms with Gasteiger partial charge in [-0.2, -0.15) is 0 Å². The van der Waals surface area contributed by atoms with Crippen molar-refractivity contribution in [2.45, 2.75) is 0 Å². The van der Waals surface area contributed by atoms with Gasteiger partial charge in [0, 0.05) is 5.02 Å². The summed E-state index contributed by atoms with van der Waals surface area (Å²) in [6.07, 6.45) is 0. The number of halogens is 2. The minimum atomic E-state index is -0.658. The molecule has 0 spiro atoms. The van der Waals surface area contributed by atoms with E-state index in [0.29, 0.717) is 9.90 Å². The maximum Gasteiger partial charge on any atom is 0.279 e. The molecular formula is C12H8BrClN2O3S. The molecule has 0 bridgehead atoms. The van der Waals surface area contributed by atoms with E-state index in [-0.39, 0.29) is 11.3 Å². The Balaban J connectivity index is 2.02. The second-order valence-corrected chi connectivity index (χ2v) is 6.57. The molecule has 0 unspecified atom stereocenters. The maximum absolute atomic E-state index is 11.8. The van der Waals surface area contributed by atoms with Crippen LogP contribution < -0.4 is 10.9 Å². The first kappa shape index (κ1) is 14.8. The first-order valence-corrected chi connectivity index (χ1v) is 7.30. The van der Waals surface area contributed by atoms with E-state index in [9.17, 15) is 14.7 Å². The van der Waals surface area contributed by atoms with E-state index in [0.717, 1.165) is 3.79 Å². The molecule has 3 N–H and O–H groups in total. The summed E-state index contributed by atoms with van der Waals surface area (Å²) in [5.41, 5.74) is 4.44. The lowest BCUT2D eigenvalue weighted by atomic mass is 10.2. The van der Waals surface area contributed by atoms with Crippen LogP contribution in [0.25, 0.3) is 0 Å². The second-order valence-electron chi connectivity index (χ2n) is 3.67. The van der Waals surface area contributed by atoms with Crippen molar-refractivity contribution in [3.05, 3.63) is 49.6 Å². The number of thiophene rings is 1. The van der Waals surface area contributed by atoms with E-state index in [4.69, 9.17) is 11.6 Å². The van der Waals surface area contributed by atoms with E-state index in [1.165, 1.54) is 29.5 Å². The molecule has 0 fully saturated rings. The Kier molecular flexibility index (Phi) is 4.64. The van der Waals surface area contributed by atoms with E-state index in [1.807, 2.05) is 0 Å². The molecule has 1 aromatic heterocycles. The van der Waals surface area contributed by atoms with Crippen molar-refractivity contribution in [2.24, 2.45) is 0 Å². The number of amides is 2. The summed E-state index contributed by atoms with van der Waals surface area (Å²) in [4.78, 5) is 24.0. The zero-order chi connectivity index (χ0) is 14.7. The molecular weight excluding hydrogens is 368 g/mol. The smallest absolute Gasteiger partial charge is 0.279 e. The fourth-order valence-corrected chi connectivity index (χ4v) is 2.82. The number of hydrogen-bond donors (Lipinski definition) is 3. The first-order chi connectivity index (χ1) is 9.47. The minimum absolute atomic E-state index is 0.0230. The van der Waals surface area contributed by atoms with Crippen molar-refractivity contribution in [3.8, 4) is 5.75 Å². The van der Waals surface area contributed by atoms with Gasteiger partial charge in [0.25, 0.3) is 11.8 Å². The first-order valence-electron chi connectivity index (χ1n) is 5.32. The van der Waals surface area contributed by atoms with Crippen LogP contribution in [0, 0.1) is 0 Å². The van der Waals surface area contributed by atoms with Gasteiger partial charge in [0.2, 0.25) is 0 Å². The average molecular weight is 376 g/mol. The fourth-order valence-electron chi connectivity index (χ4n) is 1.37. The van der Waals surface area contributed by atoms with Crippen LogP contribution in [-0.2, 0) is 0 Å². The lowest BCUT2D eigenvalue weighted by Crippen LogP contribution is -2.41. The standard InChI is InChI=1S/C12H8BrClN2O3S/c13-10-4-3-9(20-10)12(19)16-15-11(18)7-5-6(14)1-2-8(7)17/h1-5,17H,(H,15,18)(H,16,19). The fraction of sp³-hybridized carbons (Fsp3) is 0. The van der Waals surface area contributed by atoms with Gasteiger partial charge in [-0.15, -0.1) is 11.3 Å². The Morgan fingerprint density at radius 1 is 1.15 bits per heavy atom. The Morgan fingerprint density at radius 3 is 2.50 bits per heavy atom. The Morgan fingerprint density at radius 2 is 1.85 bits per heavy atom. The Bertz CT molecular complexity index is 674. The summed E-state index contributed by atoms with van der Waals surface area (Å²) in [6, 6.07) is 7.41. The van der Waals surface area contributed by atoms with Gasteiger partial charge >= 0.3 is 0 Å². The van der Waals surface area contributed by atoms with Crippen molar-refractivity contribution in [3.63, 3.8) is 0 Å². The van der Waals surface area contributed by atoms with Crippen LogP contribution in [0.15, 0.2) is 34.1 Å². The minimum Gasteiger partial charge on any atom is -0.507 e. The number of phenolic OH excluding ortho intramolecular Hbond substituents is 1. The molecule has 2 rings (SSSR count). The number of hydrazine groups is 1. The molecule has 0 aliphatic carbocycles. The predicted octanol–water partition coefficient (Wildman–Crippen LogP) is 2.94. The third kappa shape index (κ3) is 3.50. The predicted molar refractivity (Wildman–Crippen MR) is 80.1 cm³/mol. The number of nitrogens with one attached hydrogen (secondary N) is 2. The average Bonchev–Trinajstić information content (AvgIpc) is 2.85. The molecule has 2 amide bonds. The molecule has 8 heteroatoms. The van der Waals surface area contributed by atoms with Crippen LogP contribution in [0.4, 0.5) is 0 Å². The number of rotatable bonds is 2. The van der Waals surface area contributed by atoms with Gasteiger partial charge in [0.15, 0.2) is 0 Å². The second kappa shape index (κ2) is 6.25. The molecule has 0 saturated heterocycles. The maximum atomic E-state index is 11.8. The highest BCUT2D eigenvalue weighted by Crippen LogP contribution is 2.22. The lowest BCUT2D eigenvalue weighted by molar-refractivity contribution is 0.0847. The summed E-state index contributed by atoms with van der Waals surface area (Å²) in [5.74, 6) is -1.33. The van der Waals surface area contributed by atoms with Gasteiger partial charge in [-0.3, -0.25) is 20.4 Å². The van der Waals surface area contributed by atoms with Crippen molar-refractivity contribution < 1.29 is 14.7 Å². The SMILES string of the molecule is O=C(NNC(=O)c1cc(Cl)ccc1O)c1ccc(Br)s1. The number of carbonyl (C=O) groups is 2. The highest BCUT2D eigenvalue weighted by atomic mass is 79.9. The number of phenols is 1. The molecule has 0 aliphatic heterocycles. The van der Waals surface area contributed by atoms with Gasteiger partial charge in [-0.1, -0.05) is 11.6 Å². The summed E-state index contributed by atoms with van der Waals surface area (Å²) in [6.45, 7) is 0. The molecule has 20 heavy (non-hydrogen) atoms. The highest BCUT2D eigenvalue weighted by molar-refractivity contribution is 9.11. The Hall–Kier alpha value is -1.57. The van der Waals surface area contributed by atoms with Crippen molar-refractivity contribution in [1.82, 2.24) is 10.9 Å². The molecule has 2 aromatic rings. The third-order valence-corrected chi connectivity index (χ3v) is 4.15. The summed E-state index contributed by atoms with van der Waals surface area (Å²) in [7, 11) is 0. The zero-order valence-corrected chi connectivity index (χ0v) is 13.0. The zero-order valence-electron chi connectivity index (χ0n) is 9.81. The quantitative estimate of drug-likeness (QED) is 0.706. The van der Waals surface area contributed by atoms with Gasteiger partial charge < -0.3 is 5.11 Å². The molecule has 1 heterocycles. The molecule has 0 saturated carbocycles. The topological polar surface area (TPSA) is 78.4 Å². The van der Waals surface area contributed by atoms with Gasteiger partial charge in [0.1, 0.15) is 5.75 Å². The van der Waals surface area contributed by atoms with Gasteiger partial charge in [-0.05, 0) is 46.3 Å². The van der Waals surface area contributed by atoms with Crippen LogP contribution in [0.5, 0.6) is 5.75 Å². The number of hydrogen-bond acceptors (Lipinski definition) is 4. The third-order valence-electron chi connectivity index (χ3n) is 2.29. The van der Waals surface area contributed by atoms with Gasteiger partial charge in [-0.25, -0.2) is 0 Å². The molecule has 1 aromatic carbocycles. The molecule has 104 valence electrons. The van der Waals surface area contributed by atoms with E-state index in [1.54, 1.807) is 12.1 Å². The summed E-state index contributed by atoms with van der Waals surface area (Å²) < 4.78 is 0.807. The molecule has 0 radical (unpaired) electrons. The number of aromatic hydroxyl groups is 1. The Labute approximate surface area is 131 Å². The monoisotopic (exact) mass is 374 g/mol. The lowest BCUT2D eigenvalue weighted by Gasteiger charge is -2.07. The van der Waals surface area contributed by atoms with Crippen molar-refractivity contribution in [2.75, 3.05) is 0 Å².